The zero-order valence-electron chi connectivity index (χ0n) is 21.4. The molecule has 2 aliphatic heterocycles. The number of rotatable bonds is 7. The van der Waals surface area contributed by atoms with Gasteiger partial charge in [0.1, 0.15) is 5.75 Å². The predicted molar refractivity (Wildman–Crippen MR) is 149 cm³/mol. The lowest BCUT2D eigenvalue weighted by Crippen LogP contribution is -2.50. The summed E-state index contributed by atoms with van der Waals surface area (Å²) < 4.78 is 34.3. The Bertz CT molecular complexity index is 1390. The highest BCUT2D eigenvalue weighted by atomic mass is 35.5. The van der Waals surface area contributed by atoms with Crippen molar-refractivity contribution in [2.24, 2.45) is 0 Å². The van der Waals surface area contributed by atoms with Crippen LogP contribution in [0, 0.1) is 6.92 Å². The van der Waals surface area contributed by atoms with Gasteiger partial charge >= 0.3 is 0 Å². The van der Waals surface area contributed by atoms with E-state index in [0.717, 1.165) is 30.8 Å². The number of ether oxygens (including phenoxy) is 1. The monoisotopic (exact) mass is 553 g/mol. The lowest BCUT2D eigenvalue weighted by atomic mass is 10.1. The molecule has 5 rings (SSSR count). The van der Waals surface area contributed by atoms with Crippen molar-refractivity contribution >= 4 is 33.2 Å². The Morgan fingerprint density at radius 2 is 1.66 bits per heavy atom. The van der Waals surface area contributed by atoms with Crippen LogP contribution < -0.4 is 14.4 Å². The van der Waals surface area contributed by atoms with Gasteiger partial charge in [-0.15, -0.1) is 0 Å². The zero-order chi connectivity index (χ0) is 26.7. The second-order valence-corrected chi connectivity index (χ2v) is 12.2. The summed E-state index contributed by atoms with van der Waals surface area (Å²) in [4.78, 5) is 15.8. The summed E-state index contributed by atoms with van der Waals surface area (Å²) in [6, 6.07) is 19.6. The van der Waals surface area contributed by atoms with Gasteiger partial charge in [-0.05, 0) is 74.3 Å². The molecular weight excluding hydrogens is 522 g/mol. The fourth-order valence-corrected chi connectivity index (χ4v) is 6.50. The lowest BCUT2D eigenvalue weighted by Gasteiger charge is -2.35. The number of hydrogen-bond acceptors (Lipinski definition) is 5. The summed E-state index contributed by atoms with van der Waals surface area (Å²) in [6.45, 7) is 5.28. The SMILES string of the molecule is Cc1ccc(S(=O)(=O)N2CC(C(=O)NCc3ccc(CN4CCCCC4)cc3)Oc3ccc(Cl)cc32)cc1. The van der Waals surface area contributed by atoms with Crippen LogP contribution in [-0.2, 0) is 27.9 Å². The molecule has 1 fully saturated rings. The van der Waals surface area contributed by atoms with Crippen molar-refractivity contribution < 1.29 is 17.9 Å². The number of sulfonamides is 1. The molecule has 9 heteroatoms. The molecule has 1 amide bonds. The van der Waals surface area contributed by atoms with Crippen molar-refractivity contribution in [2.75, 3.05) is 23.9 Å². The van der Waals surface area contributed by atoms with Gasteiger partial charge in [0.05, 0.1) is 17.1 Å². The molecule has 0 aromatic heterocycles. The summed E-state index contributed by atoms with van der Waals surface area (Å²) in [6.07, 6.45) is 2.82. The van der Waals surface area contributed by atoms with Gasteiger partial charge in [0.2, 0.25) is 0 Å². The maximum atomic E-state index is 13.6. The number of piperidine rings is 1. The van der Waals surface area contributed by atoms with Crippen LogP contribution in [0.2, 0.25) is 5.02 Å². The number of hydrogen-bond donors (Lipinski definition) is 1. The fourth-order valence-electron chi connectivity index (χ4n) is 4.87. The minimum atomic E-state index is -3.95. The number of anilines is 1. The number of nitrogens with zero attached hydrogens (tertiary/aromatic N) is 2. The van der Waals surface area contributed by atoms with Gasteiger partial charge in [-0.3, -0.25) is 14.0 Å². The number of nitrogens with one attached hydrogen (secondary N) is 1. The normalized spacial score (nSPS) is 17.9. The summed E-state index contributed by atoms with van der Waals surface area (Å²) in [5.74, 6) is -0.0920. The average Bonchev–Trinajstić information content (AvgIpc) is 2.92. The lowest BCUT2D eigenvalue weighted by molar-refractivity contribution is -0.127. The Morgan fingerprint density at radius 3 is 2.37 bits per heavy atom. The van der Waals surface area contributed by atoms with Crippen LogP contribution in [-0.4, -0.2) is 45.0 Å². The van der Waals surface area contributed by atoms with Gasteiger partial charge < -0.3 is 10.1 Å². The quantitative estimate of drug-likeness (QED) is 0.450. The van der Waals surface area contributed by atoms with Gasteiger partial charge in [0.25, 0.3) is 15.9 Å². The Balaban J connectivity index is 1.28. The van der Waals surface area contributed by atoms with Crippen LogP contribution in [0.15, 0.2) is 71.6 Å². The molecule has 0 bridgehead atoms. The molecule has 7 nitrogen and oxygen atoms in total. The van der Waals surface area contributed by atoms with Crippen LogP contribution in [0.25, 0.3) is 0 Å². The largest absolute Gasteiger partial charge is 0.476 e. The molecule has 3 aromatic rings. The zero-order valence-corrected chi connectivity index (χ0v) is 23.0. The standard InChI is InChI=1S/C29H32ClN3O4S/c1-21-5-12-25(13-6-21)38(35,36)33-20-28(37-27-14-11-24(30)17-26(27)33)29(34)31-18-22-7-9-23(10-8-22)19-32-15-3-2-4-16-32/h5-14,17,28H,2-4,15-16,18-20H2,1H3,(H,31,34). The minimum absolute atomic E-state index is 0.139. The third-order valence-corrected chi connectivity index (χ3v) is 9.07. The first-order valence-electron chi connectivity index (χ1n) is 12.9. The van der Waals surface area contributed by atoms with Crippen LogP contribution in [0.4, 0.5) is 5.69 Å². The number of likely N-dealkylation sites (tertiary alicyclic amines) is 1. The maximum Gasteiger partial charge on any atom is 0.264 e. The molecule has 0 radical (unpaired) electrons. The van der Waals surface area contributed by atoms with Gasteiger partial charge in [-0.25, -0.2) is 8.42 Å². The number of benzene rings is 3. The van der Waals surface area contributed by atoms with E-state index in [2.05, 4.69) is 22.3 Å². The Hall–Kier alpha value is -3.07. The number of aryl methyl sites for hydroxylation is 1. The molecule has 2 aliphatic rings. The van der Waals surface area contributed by atoms with Crippen molar-refractivity contribution in [3.8, 4) is 5.75 Å². The summed E-state index contributed by atoms with van der Waals surface area (Å²) >= 11 is 6.18. The van der Waals surface area contributed by atoms with Crippen molar-refractivity contribution in [3.63, 3.8) is 0 Å². The van der Waals surface area contributed by atoms with E-state index in [0.29, 0.717) is 23.0 Å². The van der Waals surface area contributed by atoms with Crippen LogP contribution in [0.3, 0.4) is 0 Å². The second kappa shape index (κ2) is 11.4. The first kappa shape index (κ1) is 26.5. The number of fused-ring (bicyclic) bond motifs is 1. The molecule has 200 valence electrons. The van der Waals surface area contributed by atoms with Gasteiger partial charge in [0.15, 0.2) is 6.10 Å². The van der Waals surface area contributed by atoms with Crippen LogP contribution in [0.5, 0.6) is 5.75 Å². The number of amides is 1. The van der Waals surface area contributed by atoms with Crippen molar-refractivity contribution in [1.29, 1.82) is 0 Å². The molecule has 1 N–H and O–H groups in total. The van der Waals surface area contributed by atoms with E-state index >= 15 is 0 Å². The van der Waals surface area contributed by atoms with E-state index in [4.69, 9.17) is 16.3 Å². The molecule has 3 aromatic carbocycles. The predicted octanol–water partition coefficient (Wildman–Crippen LogP) is 4.91. The van der Waals surface area contributed by atoms with E-state index in [-0.39, 0.29) is 17.3 Å². The van der Waals surface area contributed by atoms with Gasteiger partial charge in [0, 0.05) is 18.1 Å². The smallest absolute Gasteiger partial charge is 0.264 e. The molecule has 1 unspecified atom stereocenters. The molecule has 1 saturated heterocycles. The first-order valence-corrected chi connectivity index (χ1v) is 14.7. The number of halogens is 1. The van der Waals surface area contributed by atoms with E-state index in [1.54, 1.807) is 42.5 Å². The Labute approximate surface area is 229 Å². The van der Waals surface area contributed by atoms with Crippen molar-refractivity contribution in [2.45, 2.75) is 50.3 Å². The highest BCUT2D eigenvalue weighted by Crippen LogP contribution is 2.39. The summed E-state index contributed by atoms with van der Waals surface area (Å²) in [5.41, 5.74) is 3.48. The number of carbonyl (C=O) groups excluding carboxylic acids is 1. The highest BCUT2D eigenvalue weighted by molar-refractivity contribution is 7.92. The summed E-state index contributed by atoms with van der Waals surface area (Å²) in [5, 5.41) is 3.29. The van der Waals surface area contributed by atoms with Gasteiger partial charge in [-0.1, -0.05) is 60.0 Å². The minimum Gasteiger partial charge on any atom is -0.476 e. The van der Waals surface area contributed by atoms with E-state index < -0.39 is 16.1 Å². The van der Waals surface area contributed by atoms with E-state index in [1.807, 2.05) is 19.1 Å². The van der Waals surface area contributed by atoms with Crippen LogP contribution in [0.1, 0.15) is 36.0 Å². The van der Waals surface area contributed by atoms with Gasteiger partial charge in [-0.2, -0.15) is 0 Å². The molecule has 2 heterocycles. The Morgan fingerprint density at radius 1 is 0.974 bits per heavy atom. The molecular formula is C29H32ClN3O4S. The topological polar surface area (TPSA) is 79.0 Å². The summed E-state index contributed by atoms with van der Waals surface area (Å²) in [7, 11) is -3.95. The Kier molecular flexibility index (Phi) is 7.93. The van der Waals surface area contributed by atoms with E-state index in [1.165, 1.54) is 29.1 Å². The molecule has 1 atom stereocenters. The fraction of sp³-hybridized carbons (Fsp3) is 0.345. The van der Waals surface area contributed by atoms with Crippen molar-refractivity contribution in [3.05, 3.63) is 88.4 Å². The van der Waals surface area contributed by atoms with Crippen LogP contribution >= 0.6 is 11.6 Å². The van der Waals surface area contributed by atoms with Crippen molar-refractivity contribution in [1.82, 2.24) is 10.2 Å². The molecule has 0 aliphatic carbocycles. The first-order chi connectivity index (χ1) is 18.3. The molecule has 0 saturated carbocycles. The third-order valence-electron chi connectivity index (χ3n) is 7.04. The second-order valence-electron chi connectivity index (χ2n) is 9.94. The van der Waals surface area contributed by atoms with E-state index in [9.17, 15) is 13.2 Å². The third kappa shape index (κ3) is 5.98. The maximum absolute atomic E-state index is 13.6. The molecule has 38 heavy (non-hydrogen) atoms. The molecule has 0 spiro atoms. The average molecular weight is 554 g/mol. The highest BCUT2D eigenvalue weighted by Gasteiger charge is 2.37. The number of carbonyl (C=O) groups is 1.